The van der Waals surface area contributed by atoms with E-state index in [0.29, 0.717) is 12.0 Å². The molecule has 1 amide bonds. The summed E-state index contributed by atoms with van der Waals surface area (Å²) in [7, 11) is 0. The highest BCUT2D eigenvalue weighted by Crippen LogP contribution is 2.26. The van der Waals surface area contributed by atoms with Gasteiger partial charge in [0.2, 0.25) is 5.91 Å². The van der Waals surface area contributed by atoms with Crippen LogP contribution in [0, 0.1) is 0 Å². The fourth-order valence-corrected chi connectivity index (χ4v) is 3.76. The molecule has 1 atom stereocenters. The lowest BCUT2D eigenvalue weighted by atomic mass is 10.0. The SMILES string of the molecule is CCNC(=NCC(=O)N1CCCc2ccccc21)NCC(C)N1CCOCC1. The molecule has 0 spiro atoms. The Morgan fingerprint density at radius 3 is 2.79 bits per heavy atom. The van der Waals surface area contributed by atoms with E-state index in [0.717, 1.165) is 64.5 Å². The van der Waals surface area contributed by atoms with Gasteiger partial charge in [0.25, 0.3) is 0 Å². The van der Waals surface area contributed by atoms with Crippen molar-refractivity contribution in [3.8, 4) is 0 Å². The van der Waals surface area contributed by atoms with Crippen molar-refractivity contribution in [2.75, 3.05) is 57.4 Å². The molecule has 1 saturated heterocycles. The maximum Gasteiger partial charge on any atom is 0.248 e. The van der Waals surface area contributed by atoms with Gasteiger partial charge >= 0.3 is 0 Å². The van der Waals surface area contributed by atoms with Gasteiger partial charge in [-0.15, -0.1) is 0 Å². The van der Waals surface area contributed by atoms with Gasteiger partial charge in [-0.1, -0.05) is 18.2 Å². The predicted molar refractivity (Wildman–Crippen MR) is 113 cm³/mol. The quantitative estimate of drug-likeness (QED) is 0.568. The molecule has 0 aromatic heterocycles. The highest BCUT2D eigenvalue weighted by atomic mass is 16.5. The molecule has 2 aliphatic heterocycles. The van der Waals surface area contributed by atoms with Crippen LogP contribution in [0.5, 0.6) is 0 Å². The summed E-state index contributed by atoms with van der Waals surface area (Å²) in [5.41, 5.74) is 2.28. The van der Waals surface area contributed by atoms with E-state index in [1.165, 1.54) is 5.56 Å². The summed E-state index contributed by atoms with van der Waals surface area (Å²) in [6.07, 6.45) is 2.04. The maximum absolute atomic E-state index is 12.8. The number of aryl methyl sites for hydroxylation is 1. The van der Waals surface area contributed by atoms with Gasteiger partial charge in [-0.3, -0.25) is 9.69 Å². The number of benzene rings is 1. The molecule has 28 heavy (non-hydrogen) atoms. The number of nitrogens with one attached hydrogen (secondary N) is 2. The van der Waals surface area contributed by atoms with Crippen molar-refractivity contribution in [3.05, 3.63) is 29.8 Å². The van der Waals surface area contributed by atoms with E-state index in [4.69, 9.17) is 4.74 Å². The Labute approximate surface area is 168 Å². The second-order valence-electron chi connectivity index (χ2n) is 7.35. The Hall–Kier alpha value is -2.12. The Kier molecular flexibility index (Phi) is 7.68. The van der Waals surface area contributed by atoms with E-state index in [-0.39, 0.29) is 12.5 Å². The van der Waals surface area contributed by atoms with Crippen molar-refractivity contribution in [2.45, 2.75) is 32.7 Å². The first-order chi connectivity index (χ1) is 13.7. The third kappa shape index (κ3) is 5.45. The summed E-state index contributed by atoms with van der Waals surface area (Å²) in [5.74, 6) is 0.742. The first kappa shape index (κ1) is 20.6. The van der Waals surface area contributed by atoms with Gasteiger partial charge < -0.3 is 20.3 Å². The van der Waals surface area contributed by atoms with Gasteiger partial charge in [0.15, 0.2) is 5.96 Å². The predicted octanol–water partition coefficient (Wildman–Crippen LogP) is 1.24. The maximum atomic E-state index is 12.8. The molecule has 0 bridgehead atoms. The topological polar surface area (TPSA) is 69.2 Å². The molecular weight excluding hydrogens is 354 g/mol. The Balaban J connectivity index is 1.56. The molecule has 2 N–H and O–H groups in total. The van der Waals surface area contributed by atoms with Crippen LogP contribution in [0.15, 0.2) is 29.3 Å². The van der Waals surface area contributed by atoms with Crippen LogP contribution in [0.25, 0.3) is 0 Å². The van der Waals surface area contributed by atoms with E-state index in [1.807, 2.05) is 30.0 Å². The molecule has 3 rings (SSSR count). The lowest BCUT2D eigenvalue weighted by molar-refractivity contribution is -0.117. The van der Waals surface area contributed by atoms with Crippen LogP contribution in [0.2, 0.25) is 0 Å². The molecular formula is C21H33N5O2. The zero-order valence-electron chi connectivity index (χ0n) is 17.1. The number of anilines is 1. The second kappa shape index (κ2) is 10.4. The van der Waals surface area contributed by atoms with Crippen molar-refractivity contribution in [2.24, 2.45) is 4.99 Å². The number of ether oxygens (including phenoxy) is 1. The number of nitrogens with zero attached hydrogens (tertiary/aromatic N) is 3. The Morgan fingerprint density at radius 2 is 2.00 bits per heavy atom. The summed E-state index contributed by atoms with van der Waals surface area (Å²) < 4.78 is 5.42. The van der Waals surface area contributed by atoms with Gasteiger partial charge in [0.1, 0.15) is 6.54 Å². The first-order valence-corrected chi connectivity index (χ1v) is 10.4. The molecule has 2 aliphatic rings. The van der Waals surface area contributed by atoms with Crippen LogP contribution in [0.1, 0.15) is 25.8 Å². The van der Waals surface area contributed by atoms with Crippen LogP contribution in [-0.4, -0.2) is 75.3 Å². The molecule has 0 radical (unpaired) electrons. The van der Waals surface area contributed by atoms with Gasteiger partial charge in [0.05, 0.1) is 13.2 Å². The molecule has 2 heterocycles. The number of carbonyl (C=O) groups excluding carboxylic acids is 1. The van der Waals surface area contributed by atoms with E-state index >= 15 is 0 Å². The summed E-state index contributed by atoms with van der Waals surface area (Å²) in [4.78, 5) is 21.6. The fourth-order valence-electron chi connectivity index (χ4n) is 3.76. The van der Waals surface area contributed by atoms with Crippen molar-refractivity contribution >= 4 is 17.6 Å². The smallest absolute Gasteiger partial charge is 0.248 e. The lowest BCUT2D eigenvalue weighted by Crippen LogP contribution is -2.49. The minimum absolute atomic E-state index is 0.0468. The largest absolute Gasteiger partial charge is 0.379 e. The third-order valence-electron chi connectivity index (χ3n) is 5.36. The Morgan fingerprint density at radius 1 is 1.21 bits per heavy atom. The van der Waals surface area contributed by atoms with Crippen molar-refractivity contribution in [1.29, 1.82) is 0 Å². The minimum atomic E-state index is 0.0468. The molecule has 7 heteroatoms. The van der Waals surface area contributed by atoms with E-state index in [9.17, 15) is 4.79 Å². The van der Waals surface area contributed by atoms with Gasteiger partial charge in [-0.2, -0.15) is 0 Å². The first-order valence-electron chi connectivity index (χ1n) is 10.4. The molecule has 1 aromatic rings. The van der Waals surface area contributed by atoms with Gasteiger partial charge in [-0.05, 0) is 38.3 Å². The number of guanidine groups is 1. The Bertz CT molecular complexity index is 673. The van der Waals surface area contributed by atoms with Crippen LogP contribution in [0.4, 0.5) is 5.69 Å². The summed E-state index contributed by atoms with van der Waals surface area (Å²) in [6, 6.07) is 8.55. The number of aliphatic imine (C=N–C) groups is 1. The fraction of sp³-hybridized carbons (Fsp3) is 0.619. The van der Waals surface area contributed by atoms with Crippen LogP contribution >= 0.6 is 0 Å². The molecule has 0 aliphatic carbocycles. The minimum Gasteiger partial charge on any atom is -0.379 e. The summed E-state index contributed by atoms with van der Waals surface area (Å²) in [5, 5.41) is 6.62. The number of morpholine rings is 1. The molecule has 1 unspecified atom stereocenters. The molecule has 0 saturated carbocycles. The third-order valence-corrected chi connectivity index (χ3v) is 5.36. The summed E-state index contributed by atoms with van der Waals surface area (Å²) in [6.45, 7) is 10.2. The van der Waals surface area contributed by atoms with Crippen molar-refractivity contribution in [1.82, 2.24) is 15.5 Å². The van der Waals surface area contributed by atoms with Crippen molar-refractivity contribution < 1.29 is 9.53 Å². The molecule has 7 nitrogen and oxygen atoms in total. The van der Waals surface area contributed by atoms with Gasteiger partial charge in [0, 0.05) is 44.5 Å². The molecule has 1 aromatic carbocycles. The monoisotopic (exact) mass is 387 g/mol. The average Bonchev–Trinajstić information content (AvgIpc) is 2.75. The number of rotatable bonds is 6. The number of para-hydroxylation sites is 1. The van der Waals surface area contributed by atoms with Crippen LogP contribution in [0.3, 0.4) is 0 Å². The highest BCUT2D eigenvalue weighted by molar-refractivity contribution is 5.97. The zero-order valence-corrected chi connectivity index (χ0v) is 17.1. The normalized spacial score (nSPS) is 19.1. The number of hydrogen-bond acceptors (Lipinski definition) is 4. The average molecular weight is 388 g/mol. The highest BCUT2D eigenvalue weighted by Gasteiger charge is 2.22. The standard InChI is InChI=1S/C21H33N5O2/c1-3-22-21(23-15-17(2)25-11-13-28-14-12-25)24-16-20(27)26-10-6-8-18-7-4-5-9-19(18)26/h4-5,7,9,17H,3,6,8,10-16H2,1-2H3,(H2,22,23,24). The second-order valence-corrected chi connectivity index (χ2v) is 7.35. The lowest BCUT2D eigenvalue weighted by Gasteiger charge is -2.32. The summed E-state index contributed by atoms with van der Waals surface area (Å²) >= 11 is 0. The van der Waals surface area contributed by atoms with E-state index in [1.54, 1.807) is 0 Å². The van der Waals surface area contributed by atoms with Crippen molar-refractivity contribution in [3.63, 3.8) is 0 Å². The van der Waals surface area contributed by atoms with E-state index in [2.05, 4.69) is 33.5 Å². The zero-order chi connectivity index (χ0) is 19.8. The van der Waals surface area contributed by atoms with Gasteiger partial charge in [-0.25, -0.2) is 4.99 Å². The molecule has 1 fully saturated rings. The number of fused-ring (bicyclic) bond motifs is 1. The number of amides is 1. The number of carbonyl (C=O) groups is 1. The number of hydrogen-bond donors (Lipinski definition) is 2. The van der Waals surface area contributed by atoms with Crippen LogP contribution < -0.4 is 15.5 Å². The van der Waals surface area contributed by atoms with Crippen LogP contribution in [-0.2, 0) is 16.0 Å². The van der Waals surface area contributed by atoms with E-state index < -0.39 is 0 Å². The molecule has 154 valence electrons.